The van der Waals surface area contributed by atoms with Gasteiger partial charge in [-0.2, -0.15) is 0 Å². The highest BCUT2D eigenvalue weighted by molar-refractivity contribution is 5.24. The Hall–Kier alpha value is -0.800. The molecule has 3 nitrogen and oxygen atoms in total. The average molecular weight is 263 g/mol. The second-order valence-corrected chi connectivity index (χ2v) is 6.25. The third-order valence-corrected chi connectivity index (χ3v) is 4.83. The van der Waals surface area contributed by atoms with Gasteiger partial charge in [0.1, 0.15) is 5.76 Å². The summed E-state index contributed by atoms with van der Waals surface area (Å²) in [5, 5.41) is 3.85. The van der Waals surface area contributed by atoms with Crippen molar-refractivity contribution < 1.29 is 9.15 Å². The zero-order valence-corrected chi connectivity index (χ0v) is 12.1. The Balaban J connectivity index is 1.66. The van der Waals surface area contributed by atoms with Gasteiger partial charge in [-0.1, -0.05) is 6.92 Å². The molecule has 0 spiro atoms. The highest BCUT2D eigenvalue weighted by Gasteiger charge is 2.33. The Labute approximate surface area is 115 Å². The largest absolute Gasteiger partial charge is 0.469 e. The molecule has 1 aromatic rings. The number of aryl methyl sites for hydroxylation is 1. The molecule has 3 unspecified atom stereocenters. The lowest BCUT2D eigenvalue weighted by atomic mass is 9.87. The van der Waals surface area contributed by atoms with Gasteiger partial charge in [-0.3, -0.25) is 0 Å². The summed E-state index contributed by atoms with van der Waals surface area (Å²) >= 11 is 0. The normalized spacial score (nSPS) is 35.1. The molecule has 1 aromatic heterocycles. The highest BCUT2D eigenvalue weighted by Crippen LogP contribution is 2.34. The first-order valence-electron chi connectivity index (χ1n) is 7.66. The van der Waals surface area contributed by atoms with E-state index in [1.807, 2.05) is 6.26 Å². The van der Waals surface area contributed by atoms with Crippen LogP contribution in [0.25, 0.3) is 0 Å². The topological polar surface area (TPSA) is 34.4 Å². The first-order chi connectivity index (χ1) is 9.20. The van der Waals surface area contributed by atoms with Crippen LogP contribution in [0.2, 0.25) is 0 Å². The molecule has 2 aliphatic rings. The van der Waals surface area contributed by atoms with Crippen LogP contribution in [0.15, 0.2) is 16.7 Å². The standard InChI is InChI=1S/C16H25NO2/c1-3-16(2)11-12(7-10-19-16)17-14-5-4-6-15-13(14)8-9-18-15/h8-9,12,14,17H,3-7,10-11H2,1-2H3. The van der Waals surface area contributed by atoms with Crippen molar-refractivity contribution in [1.29, 1.82) is 0 Å². The van der Waals surface area contributed by atoms with Crippen LogP contribution in [-0.4, -0.2) is 18.2 Å². The van der Waals surface area contributed by atoms with Crippen molar-refractivity contribution in [3.63, 3.8) is 0 Å². The van der Waals surface area contributed by atoms with Gasteiger partial charge in [-0.05, 0) is 45.1 Å². The Morgan fingerprint density at radius 3 is 3.16 bits per heavy atom. The van der Waals surface area contributed by atoms with Crippen molar-refractivity contribution in [2.24, 2.45) is 0 Å². The summed E-state index contributed by atoms with van der Waals surface area (Å²) < 4.78 is 11.5. The van der Waals surface area contributed by atoms with Crippen molar-refractivity contribution in [1.82, 2.24) is 5.32 Å². The van der Waals surface area contributed by atoms with E-state index in [0.29, 0.717) is 12.1 Å². The second kappa shape index (κ2) is 5.29. The summed E-state index contributed by atoms with van der Waals surface area (Å²) in [6.45, 7) is 5.34. The minimum Gasteiger partial charge on any atom is -0.469 e. The summed E-state index contributed by atoms with van der Waals surface area (Å²) in [6, 6.07) is 3.20. The lowest BCUT2D eigenvalue weighted by Crippen LogP contribution is -2.46. The van der Waals surface area contributed by atoms with Gasteiger partial charge in [0.2, 0.25) is 0 Å². The van der Waals surface area contributed by atoms with Gasteiger partial charge in [0.15, 0.2) is 0 Å². The number of hydrogen-bond acceptors (Lipinski definition) is 3. The fourth-order valence-electron chi connectivity index (χ4n) is 3.46. The third kappa shape index (κ3) is 2.72. The second-order valence-electron chi connectivity index (χ2n) is 6.25. The van der Waals surface area contributed by atoms with Crippen molar-refractivity contribution in [3.05, 3.63) is 23.7 Å². The van der Waals surface area contributed by atoms with E-state index in [-0.39, 0.29) is 5.60 Å². The van der Waals surface area contributed by atoms with E-state index in [4.69, 9.17) is 9.15 Å². The van der Waals surface area contributed by atoms with Crippen LogP contribution >= 0.6 is 0 Å². The Morgan fingerprint density at radius 1 is 1.42 bits per heavy atom. The number of rotatable bonds is 3. The number of ether oxygens (including phenoxy) is 1. The number of hydrogen-bond donors (Lipinski definition) is 1. The van der Waals surface area contributed by atoms with Gasteiger partial charge in [0.05, 0.1) is 11.9 Å². The lowest BCUT2D eigenvalue weighted by molar-refractivity contribution is -0.0793. The Morgan fingerprint density at radius 2 is 2.32 bits per heavy atom. The van der Waals surface area contributed by atoms with E-state index in [0.717, 1.165) is 32.3 Å². The average Bonchev–Trinajstić information content (AvgIpc) is 2.88. The number of fused-ring (bicyclic) bond motifs is 1. The van der Waals surface area contributed by atoms with Crippen LogP contribution in [-0.2, 0) is 11.2 Å². The summed E-state index contributed by atoms with van der Waals surface area (Å²) in [4.78, 5) is 0. The molecule has 1 aliphatic heterocycles. The lowest BCUT2D eigenvalue weighted by Gasteiger charge is -2.40. The van der Waals surface area contributed by atoms with Crippen LogP contribution in [0, 0.1) is 0 Å². The summed E-state index contributed by atoms with van der Waals surface area (Å²) in [6.07, 6.45) is 8.73. The molecule has 0 bridgehead atoms. The van der Waals surface area contributed by atoms with Crippen molar-refractivity contribution in [2.75, 3.05) is 6.61 Å². The molecule has 106 valence electrons. The molecule has 1 aliphatic carbocycles. The maximum absolute atomic E-state index is 5.93. The molecule has 0 saturated carbocycles. The maximum Gasteiger partial charge on any atom is 0.108 e. The fourth-order valence-corrected chi connectivity index (χ4v) is 3.46. The molecular weight excluding hydrogens is 238 g/mol. The van der Waals surface area contributed by atoms with Gasteiger partial charge in [-0.25, -0.2) is 0 Å². The first kappa shape index (κ1) is 13.2. The molecule has 2 heterocycles. The minimum atomic E-state index is 0.0593. The zero-order chi connectivity index (χ0) is 13.3. The maximum atomic E-state index is 5.93. The van der Waals surface area contributed by atoms with Crippen molar-refractivity contribution >= 4 is 0 Å². The number of nitrogens with one attached hydrogen (secondary N) is 1. The Bertz CT molecular complexity index is 428. The fraction of sp³-hybridized carbons (Fsp3) is 0.750. The van der Waals surface area contributed by atoms with Crippen LogP contribution in [0.4, 0.5) is 0 Å². The van der Waals surface area contributed by atoms with Crippen LogP contribution in [0.3, 0.4) is 0 Å². The van der Waals surface area contributed by atoms with E-state index in [9.17, 15) is 0 Å². The van der Waals surface area contributed by atoms with Crippen molar-refractivity contribution in [3.8, 4) is 0 Å². The van der Waals surface area contributed by atoms with Gasteiger partial charge in [0.25, 0.3) is 0 Å². The number of furan rings is 1. The van der Waals surface area contributed by atoms with Gasteiger partial charge >= 0.3 is 0 Å². The molecule has 19 heavy (non-hydrogen) atoms. The quantitative estimate of drug-likeness (QED) is 0.905. The van der Waals surface area contributed by atoms with Crippen LogP contribution in [0.1, 0.15) is 63.3 Å². The third-order valence-electron chi connectivity index (χ3n) is 4.83. The van der Waals surface area contributed by atoms with E-state index in [1.54, 1.807) is 0 Å². The molecule has 1 fully saturated rings. The Kier molecular flexibility index (Phi) is 3.68. The van der Waals surface area contributed by atoms with Crippen LogP contribution < -0.4 is 5.32 Å². The molecule has 0 aromatic carbocycles. The molecule has 3 heteroatoms. The molecule has 3 atom stereocenters. The van der Waals surface area contributed by atoms with E-state index < -0.39 is 0 Å². The zero-order valence-electron chi connectivity index (χ0n) is 12.1. The first-order valence-corrected chi connectivity index (χ1v) is 7.66. The summed E-state index contributed by atoms with van der Waals surface area (Å²) in [5.74, 6) is 1.19. The predicted molar refractivity (Wildman–Crippen MR) is 75.2 cm³/mol. The molecule has 1 N–H and O–H groups in total. The summed E-state index contributed by atoms with van der Waals surface area (Å²) in [7, 11) is 0. The van der Waals surface area contributed by atoms with Crippen molar-refractivity contribution in [2.45, 2.75) is 70.1 Å². The SMILES string of the molecule is CCC1(C)CC(NC2CCCc3occc32)CCO1. The van der Waals surface area contributed by atoms with E-state index in [1.165, 1.54) is 24.2 Å². The molecular formula is C16H25NO2. The van der Waals surface area contributed by atoms with Gasteiger partial charge < -0.3 is 14.5 Å². The van der Waals surface area contributed by atoms with Gasteiger partial charge in [0, 0.05) is 30.7 Å². The monoisotopic (exact) mass is 263 g/mol. The smallest absolute Gasteiger partial charge is 0.108 e. The highest BCUT2D eigenvalue weighted by atomic mass is 16.5. The van der Waals surface area contributed by atoms with E-state index in [2.05, 4.69) is 25.2 Å². The molecule has 0 radical (unpaired) electrons. The molecule has 3 rings (SSSR count). The van der Waals surface area contributed by atoms with E-state index >= 15 is 0 Å². The minimum absolute atomic E-state index is 0.0593. The summed E-state index contributed by atoms with van der Waals surface area (Å²) in [5.41, 5.74) is 1.44. The van der Waals surface area contributed by atoms with Gasteiger partial charge in [-0.15, -0.1) is 0 Å². The predicted octanol–water partition coefficient (Wildman–Crippen LogP) is 3.59. The van der Waals surface area contributed by atoms with Crippen LogP contribution in [0.5, 0.6) is 0 Å². The molecule has 0 amide bonds. The molecule has 1 saturated heterocycles.